The summed E-state index contributed by atoms with van der Waals surface area (Å²) in [6, 6.07) is 14.7. The Morgan fingerprint density at radius 1 is 1.08 bits per heavy atom. The third-order valence-electron chi connectivity index (χ3n) is 4.69. The standard InChI is InChI=1S/C19H24N2O3S/c1-15-13-17(9-10-19(15)24-3)25(22,23)21-12-11-20(2)14-18(21)16-7-5-4-6-8-16/h4-10,13,18H,11-12,14H2,1-3H3. The number of likely N-dealkylation sites (N-methyl/N-ethyl adjacent to an activating group) is 1. The summed E-state index contributed by atoms with van der Waals surface area (Å²) in [5.41, 5.74) is 1.83. The predicted molar refractivity (Wildman–Crippen MR) is 98.3 cm³/mol. The van der Waals surface area contributed by atoms with Crippen LogP contribution in [0.15, 0.2) is 53.4 Å². The SMILES string of the molecule is COc1ccc(S(=O)(=O)N2CCN(C)CC2c2ccccc2)cc1C. The van der Waals surface area contributed by atoms with Gasteiger partial charge in [-0.1, -0.05) is 30.3 Å². The van der Waals surface area contributed by atoms with E-state index in [0.717, 1.165) is 17.7 Å². The second-order valence-electron chi connectivity index (χ2n) is 6.44. The number of sulfonamides is 1. The van der Waals surface area contributed by atoms with Crippen LogP contribution in [0.5, 0.6) is 5.75 Å². The molecule has 1 fully saturated rings. The average Bonchev–Trinajstić information content (AvgIpc) is 2.62. The van der Waals surface area contributed by atoms with E-state index in [9.17, 15) is 8.42 Å². The Kier molecular flexibility index (Phi) is 5.13. The molecule has 2 aromatic carbocycles. The fraction of sp³-hybridized carbons (Fsp3) is 0.368. The number of nitrogens with zero attached hydrogens (tertiary/aromatic N) is 2. The smallest absolute Gasteiger partial charge is 0.243 e. The van der Waals surface area contributed by atoms with E-state index in [-0.39, 0.29) is 6.04 Å². The highest BCUT2D eigenvalue weighted by molar-refractivity contribution is 7.89. The van der Waals surface area contributed by atoms with Crippen molar-refractivity contribution >= 4 is 10.0 Å². The van der Waals surface area contributed by atoms with E-state index in [2.05, 4.69) is 4.90 Å². The lowest BCUT2D eigenvalue weighted by atomic mass is 10.1. The van der Waals surface area contributed by atoms with E-state index in [1.807, 2.05) is 44.3 Å². The first-order valence-corrected chi connectivity index (χ1v) is 9.77. The first kappa shape index (κ1) is 17.9. The van der Waals surface area contributed by atoms with Crippen LogP contribution in [0, 0.1) is 6.92 Å². The lowest BCUT2D eigenvalue weighted by Gasteiger charge is -2.39. The Morgan fingerprint density at radius 2 is 1.80 bits per heavy atom. The molecule has 1 atom stereocenters. The van der Waals surface area contributed by atoms with Crippen LogP contribution in [0.4, 0.5) is 0 Å². The molecule has 0 amide bonds. The highest BCUT2D eigenvalue weighted by atomic mass is 32.2. The monoisotopic (exact) mass is 360 g/mol. The van der Waals surface area contributed by atoms with E-state index in [1.165, 1.54) is 0 Å². The molecule has 1 heterocycles. The Balaban J connectivity index is 2.00. The molecule has 0 spiro atoms. The van der Waals surface area contributed by atoms with E-state index >= 15 is 0 Å². The van der Waals surface area contributed by atoms with Crippen LogP contribution in [0.25, 0.3) is 0 Å². The van der Waals surface area contributed by atoms with Crippen molar-refractivity contribution in [1.82, 2.24) is 9.21 Å². The zero-order valence-corrected chi connectivity index (χ0v) is 15.7. The maximum absolute atomic E-state index is 13.3. The minimum absolute atomic E-state index is 0.188. The molecule has 0 saturated carbocycles. The van der Waals surface area contributed by atoms with Crippen LogP contribution < -0.4 is 4.74 Å². The first-order valence-electron chi connectivity index (χ1n) is 8.33. The van der Waals surface area contributed by atoms with Crippen LogP contribution in [0.3, 0.4) is 0 Å². The maximum atomic E-state index is 13.3. The third-order valence-corrected chi connectivity index (χ3v) is 6.60. The fourth-order valence-corrected chi connectivity index (χ4v) is 4.97. The quantitative estimate of drug-likeness (QED) is 0.841. The number of ether oxygens (including phenoxy) is 1. The highest BCUT2D eigenvalue weighted by Crippen LogP contribution is 2.32. The Hall–Kier alpha value is -1.89. The molecule has 1 aliphatic rings. The molecule has 0 N–H and O–H groups in total. The molecule has 3 rings (SSSR count). The normalized spacial score (nSPS) is 19.7. The Bertz CT molecular complexity index is 837. The molecular formula is C19H24N2O3S. The van der Waals surface area contributed by atoms with Gasteiger partial charge in [-0.25, -0.2) is 8.42 Å². The van der Waals surface area contributed by atoms with Gasteiger partial charge in [-0.15, -0.1) is 0 Å². The summed E-state index contributed by atoms with van der Waals surface area (Å²) in [5.74, 6) is 0.692. The van der Waals surface area contributed by atoms with Gasteiger partial charge in [-0.3, -0.25) is 0 Å². The van der Waals surface area contributed by atoms with Crippen molar-refractivity contribution in [3.05, 3.63) is 59.7 Å². The van der Waals surface area contributed by atoms with Crippen LogP contribution in [0.1, 0.15) is 17.2 Å². The van der Waals surface area contributed by atoms with Crippen molar-refractivity contribution in [2.45, 2.75) is 17.9 Å². The van der Waals surface area contributed by atoms with Gasteiger partial charge in [0.1, 0.15) is 5.75 Å². The largest absolute Gasteiger partial charge is 0.496 e. The molecule has 25 heavy (non-hydrogen) atoms. The number of methoxy groups -OCH3 is 1. The second-order valence-corrected chi connectivity index (χ2v) is 8.33. The van der Waals surface area contributed by atoms with Crippen LogP contribution in [-0.2, 0) is 10.0 Å². The number of benzene rings is 2. The predicted octanol–water partition coefficient (Wildman–Crippen LogP) is 2.68. The number of rotatable bonds is 4. The molecule has 6 heteroatoms. The van der Waals surface area contributed by atoms with Gasteiger partial charge in [0.25, 0.3) is 0 Å². The summed E-state index contributed by atoms with van der Waals surface area (Å²) in [5, 5.41) is 0. The van der Waals surface area contributed by atoms with Crippen molar-refractivity contribution in [2.24, 2.45) is 0 Å². The fourth-order valence-electron chi connectivity index (χ4n) is 3.28. The zero-order valence-electron chi connectivity index (χ0n) is 14.8. The van der Waals surface area contributed by atoms with E-state index < -0.39 is 10.0 Å². The van der Waals surface area contributed by atoms with Gasteiger partial charge in [0.2, 0.25) is 10.0 Å². The molecule has 134 valence electrons. The highest BCUT2D eigenvalue weighted by Gasteiger charge is 2.36. The molecular weight excluding hydrogens is 336 g/mol. The van der Waals surface area contributed by atoms with Crippen molar-refractivity contribution in [3.8, 4) is 5.75 Å². The van der Waals surface area contributed by atoms with E-state index in [0.29, 0.717) is 23.7 Å². The van der Waals surface area contributed by atoms with Gasteiger partial charge in [0.15, 0.2) is 0 Å². The summed E-state index contributed by atoms with van der Waals surface area (Å²) < 4.78 is 33.5. The molecule has 0 aliphatic carbocycles. The van der Waals surface area contributed by atoms with E-state index in [1.54, 1.807) is 29.6 Å². The van der Waals surface area contributed by atoms with Gasteiger partial charge in [0.05, 0.1) is 18.0 Å². The molecule has 5 nitrogen and oxygen atoms in total. The van der Waals surface area contributed by atoms with Crippen molar-refractivity contribution in [2.75, 3.05) is 33.8 Å². The first-order chi connectivity index (χ1) is 11.9. The Labute approximate surface area is 149 Å². The molecule has 0 radical (unpaired) electrons. The summed E-state index contributed by atoms with van der Waals surface area (Å²) in [6.07, 6.45) is 0. The minimum atomic E-state index is -3.58. The topological polar surface area (TPSA) is 49.9 Å². The summed E-state index contributed by atoms with van der Waals surface area (Å²) in [4.78, 5) is 2.49. The zero-order chi connectivity index (χ0) is 18.0. The number of aryl methyl sites for hydroxylation is 1. The van der Waals surface area contributed by atoms with Gasteiger partial charge in [-0.05, 0) is 43.3 Å². The lowest BCUT2D eigenvalue weighted by Crippen LogP contribution is -2.49. The molecule has 2 aromatic rings. The van der Waals surface area contributed by atoms with Gasteiger partial charge in [-0.2, -0.15) is 4.31 Å². The number of hydrogen-bond donors (Lipinski definition) is 0. The van der Waals surface area contributed by atoms with Crippen LogP contribution in [-0.4, -0.2) is 51.4 Å². The molecule has 0 bridgehead atoms. The average molecular weight is 360 g/mol. The van der Waals surface area contributed by atoms with Crippen molar-refractivity contribution in [3.63, 3.8) is 0 Å². The third kappa shape index (κ3) is 3.56. The minimum Gasteiger partial charge on any atom is -0.496 e. The summed E-state index contributed by atoms with van der Waals surface area (Å²) >= 11 is 0. The van der Waals surface area contributed by atoms with Crippen molar-refractivity contribution in [1.29, 1.82) is 0 Å². The number of hydrogen-bond acceptors (Lipinski definition) is 4. The van der Waals surface area contributed by atoms with Gasteiger partial charge >= 0.3 is 0 Å². The van der Waals surface area contributed by atoms with E-state index in [4.69, 9.17) is 4.74 Å². The molecule has 1 unspecified atom stereocenters. The Morgan fingerprint density at radius 3 is 2.44 bits per heavy atom. The van der Waals surface area contributed by atoms with Gasteiger partial charge < -0.3 is 9.64 Å². The lowest BCUT2D eigenvalue weighted by molar-refractivity contribution is 0.160. The molecule has 1 saturated heterocycles. The summed E-state index contributed by atoms with van der Waals surface area (Å²) in [7, 11) is 0.0318. The van der Waals surface area contributed by atoms with Gasteiger partial charge in [0, 0.05) is 19.6 Å². The second kappa shape index (κ2) is 7.15. The molecule has 0 aromatic heterocycles. The van der Waals surface area contributed by atoms with Crippen LogP contribution >= 0.6 is 0 Å². The summed E-state index contributed by atoms with van der Waals surface area (Å²) in [6.45, 7) is 3.73. The van der Waals surface area contributed by atoms with Crippen molar-refractivity contribution < 1.29 is 13.2 Å². The van der Waals surface area contributed by atoms with Crippen LogP contribution in [0.2, 0.25) is 0 Å². The maximum Gasteiger partial charge on any atom is 0.243 e. The molecule has 1 aliphatic heterocycles. The number of piperazine rings is 1.